The Morgan fingerprint density at radius 3 is 2.85 bits per heavy atom. The molecule has 0 aromatic rings. The Morgan fingerprint density at radius 2 is 2.31 bits per heavy atom. The summed E-state index contributed by atoms with van der Waals surface area (Å²) in [5.41, 5.74) is 0.633. The molecule has 0 amide bonds. The minimum absolute atomic E-state index is 0.269. The molecule has 3 heteroatoms. The van der Waals surface area contributed by atoms with Crippen molar-refractivity contribution in [2.75, 3.05) is 6.61 Å². The summed E-state index contributed by atoms with van der Waals surface area (Å²) in [7, 11) is 0. The second-order valence-electron chi connectivity index (χ2n) is 3.17. The lowest BCUT2D eigenvalue weighted by Gasteiger charge is -2.22. The minimum atomic E-state index is -0.323. The molecule has 0 aliphatic carbocycles. The van der Waals surface area contributed by atoms with Crippen LogP contribution in [-0.2, 0) is 14.3 Å². The van der Waals surface area contributed by atoms with Crippen molar-refractivity contribution in [1.29, 1.82) is 0 Å². The quantitative estimate of drug-likeness (QED) is 0.486. The normalized spacial score (nSPS) is 24.2. The average molecular weight is 184 g/mol. The van der Waals surface area contributed by atoms with Gasteiger partial charge in [0.1, 0.15) is 0 Å². The number of hydrogen-bond donors (Lipinski definition) is 0. The number of carbonyl (C=O) groups excluding carboxylic acids is 1. The highest BCUT2D eigenvalue weighted by atomic mass is 16.7. The summed E-state index contributed by atoms with van der Waals surface area (Å²) in [6.07, 6.45) is 4.38. The van der Waals surface area contributed by atoms with Gasteiger partial charge in [-0.15, -0.1) is 0 Å². The number of rotatable bonds is 2. The molecule has 1 heterocycles. The Morgan fingerprint density at radius 1 is 1.54 bits per heavy atom. The van der Waals surface area contributed by atoms with Gasteiger partial charge in [-0.3, -0.25) is 0 Å². The maximum Gasteiger partial charge on any atom is 0.335 e. The van der Waals surface area contributed by atoms with E-state index in [9.17, 15) is 4.79 Å². The maximum absolute atomic E-state index is 11.3. The molecule has 1 fully saturated rings. The number of esters is 1. The van der Waals surface area contributed by atoms with E-state index in [0.717, 1.165) is 19.3 Å². The largest absolute Gasteiger partial charge is 0.432 e. The lowest BCUT2D eigenvalue weighted by Crippen LogP contribution is -2.25. The van der Waals surface area contributed by atoms with Gasteiger partial charge in [0.15, 0.2) is 0 Å². The predicted molar refractivity (Wildman–Crippen MR) is 49.1 cm³/mol. The van der Waals surface area contributed by atoms with Crippen molar-refractivity contribution in [3.63, 3.8) is 0 Å². The van der Waals surface area contributed by atoms with E-state index in [-0.39, 0.29) is 12.3 Å². The highest BCUT2D eigenvalue weighted by molar-refractivity contribution is 5.87. The van der Waals surface area contributed by atoms with Crippen molar-refractivity contribution in [1.82, 2.24) is 0 Å². The number of carbonyl (C=O) groups is 1. The molecule has 0 spiro atoms. The zero-order valence-electron chi connectivity index (χ0n) is 8.21. The van der Waals surface area contributed by atoms with Gasteiger partial charge in [0, 0.05) is 12.0 Å². The monoisotopic (exact) mass is 184 g/mol. The van der Waals surface area contributed by atoms with E-state index in [4.69, 9.17) is 9.47 Å². The van der Waals surface area contributed by atoms with E-state index >= 15 is 0 Å². The van der Waals surface area contributed by atoms with Gasteiger partial charge in [0.05, 0.1) is 6.61 Å². The molecule has 0 aromatic carbocycles. The van der Waals surface area contributed by atoms with E-state index in [0.29, 0.717) is 12.2 Å². The topological polar surface area (TPSA) is 35.5 Å². The Kier molecular flexibility index (Phi) is 3.96. The van der Waals surface area contributed by atoms with E-state index < -0.39 is 0 Å². The highest BCUT2D eigenvalue weighted by Gasteiger charge is 2.18. The van der Waals surface area contributed by atoms with Crippen LogP contribution in [0.3, 0.4) is 0 Å². The Labute approximate surface area is 78.7 Å². The Balaban J connectivity index is 2.34. The lowest BCUT2D eigenvalue weighted by molar-refractivity contribution is -0.182. The highest BCUT2D eigenvalue weighted by Crippen LogP contribution is 2.14. The van der Waals surface area contributed by atoms with Gasteiger partial charge >= 0.3 is 5.97 Å². The molecule has 13 heavy (non-hydrogen) atoms. The van der Waals surface area contributed by atoms with Gasteiger partial charge < -0.3 is 9.47 Å². The van der Waals surface area contributed by atoms with Gasteiger partial charge in [-0.25, -0.2) is 4.79 Å². The van der Waals surface area contributed by atoms with Gasteiger partial charge in [0.2, 0.25) is 6.29 Å². The lowest BCUT2D eigenvalue weighted by atomic mass is 10.2. The standard InChI is InChI=1S/C10H16O3/c1-3-8(2)10(11)13-9-6-4-5-7-12-9/h3,9H,4-7H2,1-2H3. The van der Waals surface area contributed by atoms with Crippen molar-refractivity contribution in [2.45, 2.75) is 39.4 Å². The molecule has 0 N–H and O–H groups in total. The first kappa shape index (κ1) is 10.3. The van der Waals surface area contributed by atoms with Crippen LogP contribution < -0.4 is 0 Å². The number of hydrogen-bond acceptors (Lipinski definition) is 3. The maximum atomic E-state index is 11.3. The molecule has 1 unspecified atom stereocenters. The summed E-state index contributed by atoms with van der Waals surface area (Å²) in [4.78, 5) is 11.3. The molecular weight excluding hydrogens is 168 g/mol. The summed E-state index contributed by atoms with van der Waals surface area (Å²) in [5, 5.41) is 0. The summed E-state index contributed by atoms with van der Waals surface area (Å²) in [6, 6.07) is 0. The van der Waals surface area contributed by atoms with Gasteiger partial charge in [-0.2, -0.15) is 0 Å². The second kappa shape index (κ2) is 5.02. The average Bonchev–Trinajstić information content (AvgIpc) is 2.18. The predicted octanol–water partition coefficient (Wildman–Crippen LogP) is 2.02. The molecule has 0 bridgehead atoms. The fourth-order valence-electron chi connectivity index (χ4n) is 1.13. The SMILES string of the molecule is CC=C(C)C(=O)OC1CCCCO1. The smallest absolute Gasteiger partial charge is 0.335 e. The molecule has 74 valence electrons. The summed E-state index contributed by atoms with van der Waals surface area (Å²) in [5.74, 6) is -0.269. The van der Waals surface area contributed by atoms with Crippen LogP contribution in [0.4, 0.5) is 0 Å². The van der Waals surface area contributed by atoms with Crippen LogP contribution in [0.15, 0.2) is 11.6 Å². The van der Waals surface area contributed by atoms with E-state index in [2.05, 4.69) is 0 Å². The number of allylic oxidation sites excluding steroid dienone is 1. The van der Waals surface area contributed by atoms with Crippen LogP contribution in [-0.4, -0.2) is 18.9 Å². The molecule has 1 saturated heterocycles. The van der Waals surface area contributed by atoms with Crippen molar-refractivity contribution < 1.29 is 14.3 Å². The first-order chi connectivity index (χ1) is 6.24. The minimum Gasteiger partial charge on any atom is -0.432 e. The molecular formula is C10H16O3. The summed E-state index contributed by atoms with van der Waals surface area (Å²) in [6.45, 7) is 4.26. The molecule has 0 aromatic heterocycles. The molecule has 0 radical (unpaired) electrons. The second-order valence-corrected chi connectivity index (χ2v) is 3.17. The summed E-state index contributed by atoms with van der Waals surface area (Å²) >= 11 is 0. The van der Waals surface area contributed by atoms with E-state index in [1.165, 1.54) is 0 Å². The first-order valence-corrected chi connectivity index (χ1v) is 4.69. The van der Waals surface area contributed by atoms with E-state index in [1.54, 1.807) is 13.0 Å². The van der Waals surface area contributed by atoms with Crippen LogP contribution in [0.25, 0.3) is 0 Å². The van der Waals surface area contributed by atoms with Crippen LogP contribution in [0.5, 0.6) is 0 Å². The molecule has 3 nitrogen and oxygen atoms in total. The summed E-state index contributed by atoms with van der Waals surface area (Å²) < 4.78 is 10.4. The Bertz CT molecular complexity index is 202. The molecule has 1 atom stereocenters. The van der Waals surface area contributed by atoms with Gasteiger partial charge in [-0.05, 0) is 26.7 Å². The van der Waals surface area contributed by atoms with Crippen molar-refractivity contribution in [2.24, 2.45) is 0 Å². The van der Waals surface area contributed by atoms with Gasteiger partial charge in [0.25, 0.3) is 0 Å². The number of ether oxygens (including phenoxy) is 2. The van der Waals surface area contributed by atoms with Crippen LogP contribution in [0.2, 0.25) is 0 Å². The van der Waals surface area contributed by atoms with Crippen LogP contribution in [0.1, 0.15) is 33.1 Å². The van der Waals surface area contributed by atoms with Gasteiger partial charge in [-0.1, -0.05) is 6.08 Å². The van der Waals surface area contributed by atoms with Crippen molar-refractivity contribution in [3.05, 3.63) is 11.6 Å². The molecule has 1 aliphatic rings. The zero-order chi connectivity index (χ0) is 9.68. The fourth-order valence-corrected chi connectivity index (χ4v) is 1.13. The van der Waals surface area contributed by atoms with Crippen LogP contribution in [0, 0.1) is 0 Å². The molecule has 1 rings (SSSR count). The molecule has 1 aliphatic heterocycles. The Hall–Kier alpha value is -0.830. The zero-order valence-corrected chi connectivity index (χ0v) is 8.21. The van der Waals surface area contributed by atoms with Crippen molar-refractivity contribution >= 4 is 5.97 Å². The van der Waals surface area contributed by atoms with Crippen LogP contribution >= 0.6 is 0 Å². The van der Waals surface area contributed by atoms with Crippen molar-refractivity contribution in [3.8, 4) is 0 Å². The third-order valence-electron chi connectivity index (χ3n) is 2.13. The third kappa shape index (κ3) is 3.19. The fraction of sp³-hybridized carbons (Fsp3) is 0.700. The first-order valence-electron chi connectivity index (χ1n) is 4.69. The third-order valence-corrected chi connectivity index (χ3v) is 2.13. The van der Waals surface area contributed by atoms with E-state index in [1.807, 2.05) is 6.92 Å². The molecule has 0 saturated carbocycles.